The van der Waals surface area contributed by atoms with E-state index in [0.717, 1.165) is 19.7 Å². The fraction of sp³-hybridized carbons (Fsp3) is 0.562. The molecule has 1 saturated carbocycles. The number of carbonyl (C=O) groups is 3. The molecule has 2 heterocycles. The number of amides is 3. The molecule has 1 unspecified atom stereocenters. The lowest BCUT2D eigenvalue weighted by atomic mass is 9.88. The highest BCUT2D eigenvalue weighted by Gasteiger charge is 2.61. The zero-order chi connectivity index (χ0) is 35.8. The number of pyridine rings is 1. The van der Waals surface area contributed by atoms with Crippen molar-refractivity contribution in [3.05, 3.63) is 36.4 Å². The van der Waals surface area contributed by atoms with E-state index >= 15 is 0 Å². The Labute approximate surface area is 280 Å². The number of ether oxygens (including phenoxy) is 3. The first-order chi connectivity index (χ1) is 22.4. The predicted octanol–water partition coefficient (Wildman–Crippen LogP) is 1.62. The van der Waals surface area contributed by atoms with Gasteiger partial charge < -0.3 is 29.5 Å². The number of likely N-dealkylation sites (tertiary alicyclic amines) is 1. The van der Waals surface area contributed by atoms with E-state index in [0.29, 0.717) is 39.4 Å². The molecule has 264 valence electrons. The van der Waals surface area contributed by atoms with Crippen molar-refractivity contribution in [3.8, 4) is 17.4 Å². The highest BCUT2D eigenvalue weighted by Crippen LogP contribution is 2.45. The number of aromatic nitrogens is 1. The van der Waals surface area contributed by atoms with Gasteiger partial charge in [-0.05, 0) is 37.8 Å². The van der Waals surface area contributed by atoms with Crippen molar-refractivity contribution in [2.75, 3.05) is 34.4 Å². The molecule has 3 amide bonds. The smallest absolute Gasteiger partial charge is 0.325 e. The lowest BCUT2D eigenvalue weighted by Crippen LogP contribution is -2.58. The molecule has 48 heavy (non-hydrogen) atoms. The summed E-state index contributed by atoms with van der Waals surface area (Å²) in [5.74, 6) is -1.64. The Morgan fingerprint density at radius 2 is 1.94 bits per heavy atom. The standard InChI is InChI=1S/C32H45N5O10S/c1-10-19-16-32(19,30(41)35-48(42,43)36(7)45-9)34-28(39)22-14-20(17-37(22)29(40)27(38)31(4,5)6)47-24-15-25(46-11-2)33-26-18(3)23(44-8)13-12-21(24)26/h10,12-13,15,19-20,22,27,38H,1,11,14,16-17H2,2-9H3,(H,34,39)(H,35,41)/t19?,20-,22+,27-,32-/m1/s1. The van der Waals surface area contributed by atoms with Crippen molar-refractivity contribution >= 4 is 38.8 Å². The second-order valence-corrected chi connectivity index (χ2v) is 14.6. The Kier molecular flexibility index (Phi) is 10.6. The fourth-order valence-electron chi connectivity index (χ4n) is 5.69. The van der Waals surface area contributed by atoms with Crippen molar-refractivity contribution in [2.45, 2.75) is 71.2 Å². The molecule has 15 nitrogen and oxygen atoms in total. The number of nitrogens with zero attached hydrogens (tertiary/aromatic N) is 3. The van der Waals surface area contributed by atoms with E-state index in [1.165, 1.54) is 11.0 Å². The van der Waals surface area contributed by atoms with Gasteiger partial charge in [-0.15, -0.1) is 6.58 Å². The summed E-state index contributed by atoms with van der Waals surface area (Å²) in [5, 5.41) is 14.3. The summed E-state index contributed by atoms with van der Waals surface area (Å²) in [5.41, 5.74) is -1.14. The number of nitrogens with one attached hydrogen (secondary N) is 2. The first-order valence-electron chi connectivity index (χ1n) is 15.5. The average Bonchev–Trinajstić information content (AvgIpc) is 3.59. The Balaban J connectivity index is 1.67. The van der Waals surface area contributed by atoms with Crippen LogP contribution in [0.15, 0.2) is 30.9 Å². The maximum atomic E-state index is 14.0. The number of aryl methyl sites for hydroxylation is 1. The van der Waals surface area contributed by atoms with Gasteiger partial charge in [0.05, 0.1) is 32.9 Å². The first-order valence-corrected chi connectivity index (χ1v) is 16.9. The number of hydrogen-bond acceptors (Lipinski definition) is 11. The molecule has 2 fully saturated rings. The van der Waals surface area contributed by atoms with Gasteiger partial charge in [-0.2, -0.15) is 8.42 Å². The maximum Gasteiger partial charge on any atom is 0.325 e. The van der Waals surface area contributed by atoms with Gasteiger partial charge in [-0.25, -0.2) is 9.71 Å². The highest BCUT2D eigenvalue weighted by atomic mass is 32.2. The van der Waals surface area contributed by atoms with Crippen LogP contribution in [0, 0.1) is 18.3 Å². The van der Waals surface area contributed by atoms with Crippen LogP contribution in [-0.4, -0.2) is 104 Å². The van der Waals surface area contributed by atoms with Crippen molar-refractivity contribution in [1.29, 1.82) is 0 Å². The van der Waals surface area contributed by atoms with Gasteiger partial charge in [0, 0.05) is 36.4 Å². The van der Waals surface area contributed by atoms with Gasteiger partial charge in [0.15, 0.2) is 0 Å². The number of aliphatic hydroxyl groups excluding tert-OH is 1. The molecule has 0 radical (unpaired) electrons. The third-order valence-electron chi connectivity index (χ3n) is 8.70. The lowest BCUT2D eigenvalue weighted by molar-refractivity contribution is -0.150. The number of rotatable bonds is 13. The van der Waals surface area contributed by atoms with Crippen molar-refractivity contribution < 1.29 is 47.0 Å². The summed E-state index contributed by atoms with van der Waals surface area (Å²) < 4.78 is 45.1. The van der Waals surface area contributed by atoms with Crippen LogP contribution in [-0.2, 0) is 29.4 Å². The molecular weight excluding hydrogens is 646 g/mol. The van der Waals surface area contributed by atoms with Gasteiger partial charge in [0.25, 0.3) is 11.8 Å². The molecule has 0 bridgehead atoms. The van der Waals surface area contributed by atoms with E-state index in [1.807, 2.05) is 18.6 Å². The minimum Gasteiger partial charge on any atom is -0.496 e. The van der Waals surface area contributed by atoms with Crippen LogP contribution in [0.1, 0.15) is 46.1 Å². The summed E-state index contributed by atoms with van der Waals surface area (Å²) in [7, 11) is -0.608. The molecule has 16 heteroatoms. The molecular formula is C32H45N5O10S. The van der Waals surface area contributed by atoms with Crippen LogP contribution < -0.4 is 24.2 Å². The quantitative estimate of drug-likeness (QED) is 0.205. The van der Waals surface area contributed by atoms with Gasteiger partial charge in [-0.1, -0.05) is 31.3 Å². The van der Waals surface area contributed by atoms with Crippen LogP contribution in [0.5, 0.6) is 17.4 Å². The molecule has 1 aromatic carbocycles. The van der Waals surface area contributed by atoms with Crippen LogP contribution in [0.3, 0.4) is 0 Å². The van der Waals surface area contributed by atoms with Gasteiger partial charge >= 0.3 is 10.2 Å². The predicted molar refractivity (Wildman–Crippen MR) is 175 cm³/mol. The molecule has 3 N–H and O–H groups in total. The average molecular weight is 692 g/mol. The van der Waals surface area contributed by atoms with Crippen molar-refractivity contribution in [2.24, 2.45) is 11.3 Å². The van der Waals surface area contributed by atoms with Crippen LogP contribution in [0.25, 0.3) is 10.9 Å². The van der Waals surface area contributed by atoms with E-state index in [9.17, 15) is 27.9 Å². The Hall–Kier alpha value is -3.99. The monoisotopic (exact) mass is 691 g/mol. The highest BCUT2D eigenvalue weighted by molar-refractivity contribution is 7.87. The Morgan fingerprint density at radius 1 is 1.25 bits per heavy atom. The molecule has 1 aliphatic heterocycles. The van der Waals surface area contributed by atoms with E-state index in [2.05, 4.69) is 16.9 Å². The molecule has 1 aliphatic carbocycles. The maximum absolute atomic E-state index is 14.0. The van der Waals surface area contributed by atoms with E-state index < -0.39 is 63.1 Å². The fourth-order valence-corrected chi connectivity index (χ4v) is 6.43. The minimum absolute atomic E-state index is 0.00146. The molecule has 2 aromatic rings. The number of fused-ring (bicyclic) bond motifs is 1. The molecule has 4 rings (SSSR count). The molecule has 1 saturated heterocycles. The molecule has 2 aliphatic rings. The van der Waals surface area contributed by atoms with Gasteiger partial charge in [0.1, 0.15) is 35.3 Å². The topological polar surface area (TPSA) is 186 Å². The number of carbonyl (C=O) groups excluding carboxylic acids is 3. The normalized spacial score (nSPS) is 23.0. The summed E-state index contributed by atoms with van der Waals surface area (Å²) in [6.45, 7) is 12.8. The molecule has 5 atom stereocenters. The van der Waals surface area contributed by atoms with Crippen LogP contribution in [0.4, 0.5) is 0 Å². The summed E-state index contributed by atoms with van der Waals surface area (Å²) in [6.07, 6.45) is -0.659. The largest absolute Gasteiger partial charge is 0.496 e. The van der Waals surface area contributed by atoms with E-state index in [1.54, 1.807) is 46.1 Å². The van der Waals surface area contributed by atoms with E-state index in [-0.39, 0.29) is 19.4 Å². The lowest BCUT2D eigenvalue weighted by Gasteiger charge is -2.32. The Bertz CT molecular complexity index is 1690. The van der Waals surface area contributed by atoms with Gasteiger partial charge in [-0.3, -0.25) is 19.2 Å². The van der Waals surface area contributed by atoms with Crippen LogP contribution in [0.2, 0.25) is 0 Å². The zero-order valence-corrected chi connectivity index (χ0v) is 29.3. The van der Waals surface area contributed by atoms with E-state index in [4.69, 9.17) is 19.0 Å². The minimum atomic E-state index is -4.38. The van der Waals surface area contributed by atoms with Crippen LogP contribution >= 0.6 is 0 Å². The second-order valence-electron chi connectivity index (χ2n) is 13.0. The molecule has 1 aromatic heterocycles. The third kappa shape index (κ3) is 7.21. The molecule has 0 spiro atoms. The number of hydroxylamine groups is 1. The SMILES string of the molecule is C=CC1C[C@]1(NC(=O)[C@@H]1C[C@@H](Oc2cc(OCC)nc3c(C)c(OC)ccc23)CN1C(=O)[C@@H](O)C(C)(C)C)C(=O)NS(=O)(=O)N(C)OC. The van der Waals surface area contributed by atoms with Gasteiger partial charge in [0.2, 0.25) is 11.8 Å². The summed E-state index contributed by atoms with van der Waals surface area (Å²) in [4.78, 5) is 51.6. The second kappa shape index (κ2) is 13.9. The van der Waals surface area contributed by atoms with Crippen molar-refractivity contribution in [1.82, 2.24) is 24.4 Å². The first kappa shape index (κ1) is 36.8. The number of hydrogen-bond donors (Lipinski definition) is 3. The summed E-state index contributed by atoms with van der Waals surface area (Å²) in [6, 6.07) is 4.05. The number of methoxy groups -OCH3 is 1. The zero-order valence-electron chi connectivity index (χ0n) is 28.5. The van der Waals surface area contributed by atoms with Crippen molar-refractivity contribution in [3.63, 3.8) is 0 Å². The third-order valence-corrected chi connectivity index (χ3v) is 9.97. The number of aliphatic hydroxyl groups is 1. The Morgan fingerprint density at radius 3 is 2.50 bits per heavy atom. The number of benzene rings is 1. The summed E-state index contributed by atoms with van der Waals surface area (Å²) >= 11 is 0.